The number of carboxylic acids is 1. The summed E-state index contributed by atoms with van der Waals surface area (Å²) in [4.78, 5) is 35.3. The van der Waals surface area contributed by atoms with Crippen molar-refractivity contribution in [3.05, 3.63) is 45.3 Å². The number of nitrogens with zero attached hydrogens (tertiary/aromatic N) is 5. The van der Waals surface area contributed by atoms with Crippen LogP contribution in [0.15, 0.2) is 18.3 Å². The van der Waals surface area contributed by atoms with E-state index in [9.17, 15) is 19.7 Å². The number of fused-ring (bicyclic) bond motifs is 1. The van der Waals surface area contributed by atoms with Crippen molar-refractivity contribution in [2.45, 2.75) is 19.9 Å². The van der Waals surface area contributed by atoms with Crippen molar-refractivity contribution in [3.8, 4) is 0 Å². The van der Waals surface area contributed by atoms with Gasteiger partial charge in [0.25, 0.3) is 5.69 Å². The number of nitro groups is 1. The van der Waals surface area contributed by atoms with Crippen molar-refractivity contribution in [2.75, 3.05) is 11.4 Å². The number of aryl methyl sites for hydroxylation is 1. The number of benzene rings is 1. The van der Waals surface area contributed by atoms with Gasteiger partial charge in [-0.2, -0.15) is 0 Å². The van der Waals surface area contributed by atoms with Crippen LogP contribution in [0.2, 0.25) is 0 Å². The number of carboxylic acid groups (broad SMARTS) is 1. The number of rotatable bonds is 4. The van der Waals surface area contributed by atoms with Crippen LogP contribution in [0.25, 0.3) is 0 Å². The largest absolute Gasteiger partial charge is 0.476 e. The fraction of sp³-hybridized carbons (Fsp3) is 0.286. The third-order valence-corrected chi connectivity index (χ3v) is 3.85. The van der Waals surface area contributed by atoms with Gasteiger partial charge in [0.05, 0.1) is 16.8 Å². The molecule has 0 fully saturated rings. The lowest BCUT2D eigenvalue weighted by Gasteiger charge is -2.17. The summed E-state index contributed by atoms with van der Waals surface area (Å²) >= 11 is 0. The highest BCUT2D eigenvalue weighted by Crippen LogP contribution is 2.34. The first-order valence-electron chi connectivity index (χ1n) is 7.08. The second kappa shape index (κ2) is 5.72. The van der Waals surface area contributed by atoms with Gasteiger partial charge in [0.15, 0.2) is 5.69 Å². The molecule has 2 heterocycles. The smallest absolute Gasteiger partial charge is 0.358 e. The van der Waals surface area contributed by atoms with Gasteiger partial charge >= 0.3 is 5.97 Å². The number of aromatic nitrogens is 3. The summed E-state index contributed by atoms with van der Waals surface area (Å²) in [5, 5.41) is 26.9. The topological polar surface area (TPSA) is 131 Å². The molecule has 1 aromatic heterocycles. The first-order valence-corrected chi connectivity index (χ1v) is 7.08. The van der Waals surface area contributed by atoms with Crippen molar-refractivity contribution >= 4 is 23.3 Å². The molecule has 0 saturated heterocycles. The van der Waals surface area contributed by atoms with Crippen molar-refractivity contribution in [2.24, 2.45) is 0 Å². The van der Waals surface area contributed by atoms with Gasteiger partial charge in [0.2, 0.25) is 5.91 Å². The van der Waals surface area contributed by atoms with Gasteiger partial charge in [-0.25, -0.2) is 9.48 Å². The van der Waals surface area contributed by atoms with E-state index < -0.39 is 10.9 Å². The molecule has 1 aromatic carbocycles. The van der Waals surface area contributed by atoms with Gasteiger partial charge in [-0.15, -0.1) is 5.10 Å². The molecule has 0 saturated carbocycles. The minimum atomic E-state index is -1.23. The summed E-state index contributed by atoms with van der Waals surface area (Å²) in [7, 11) is 0. The molecule has 10 heteroatoms. The molecule has 10 nitrogen and oxygen atoms in total. The van der Waals surface area contributed by atoms with Crippen molar-refractivity contribution in [3.63, 3.8) is 0 Å². The normalized spacial score (nSPS) is 13.0. The average Bonchev–Trinajstić information content (AvgIpc) is 3.12. The third-order valence-electron chi connectivity index (χ3n) is 3.85. The molecule has 124 valence electrons. The first kappa shape index (κ1) is 15.6. The van der Waals surface area contributed by atoms with Crippen LogP contribution in [-0.4, -0.2) is 43.4 Å². The average molecular weight is 331 g/mol. The Morgan fingerprint density at radius 1 is 1.42 bits per heavy atom. The van der Waals surface area contributed by atoms with E-state index >= 15 is 0 Å². The summed E-state index contributed by atoms with van der Waals surface area (Å²) in [6, 6.07) is 3.12. The van der Waals surface area contributed by atoms with E-state index in [1.54, 1.807) is 13.0 Å². The molecule has 3 rings (SSSR count). The zero-order valence-electron chi connectivity index (χ0n) is 12.7. The fourth-order valence-corrected chi connectivity index (χ4v) is 2.70. The summed E-state index contributed by atoms with van der Waals surface area (Å²) in [5.74, 6) is -1.57. The maximum atomic E-state index is 12.4. The van der Waals surface area contributed by atoms with Gasteiger partial charge in [-0.1, -0.05) is 5.21 Å². The number of hydrogen-bond acceptors (Lipinski definition) is 6. The molecular formula is C14H13N5O5. The Kier molecular flexibility index (Phi) is 3.72. The standard InChI is InChI=1S/C14H13N5O5/c1-8-4-9-2-3-18(12(9)5-11(8)19(23)24)13(20)7-17-6-10(14(21)22)15-16-17/h4-6H,2-3,7H2,1H3,(H,21,22). The fourth-order valence-electron chi connectivity index (χ4n) is 2.70. The highest BCUT2D eigenvalue weighted by molar-refractivity contribution is 5.96. The highest BCUT2D eigenvalue weighted by atomic mass is 16.6. The Balaban J connectivity index is 1.84. The number of aromatic carboxylic acids is 1. The Morgan fingerprint density at radius 2 is 2.17 bits per heavy atom. The van der Waals surface area contributed by atoms with Gasteiger partial charge in [0, 0.05) is 18.2 Å². The SMILES string of the molecule is Cc1cc2c(cc1[N+](=O)[O-])N(C(=O)Cn1cc(C(=O)O)nn1)CC2. The minimum Gasteiger partial charge on any atom is -0.476 e. The molecule has 0 aliphatic carbocycles. The molecule has 0 spiro atoms. The number of amides is 1. The third kappa shape index (κ3) is 2.69. The zero-order valence-corrected chi connectivity index (χ0v) is 12.7. The monoisotopic (exact) mass is 331 g/mol. The lowest BCUT2D eigenvalue weighted by molar-refractivity contribution is -0.385. The van der Waals surface area contributed by atoms with E-state index in [1.807, 2.05) is 0 Å². The quantitative estimate of drug-likeness (QED) is 0.647. The number of anilines is 1. The Hall–Kier alpha value is -3.30. The van der Waals surface area contributed by atoms with E-state index in [4.69, 9.17) is 5.11 Å². The summed E-state index contributed by atoms with van der Waals surface area (Å²) in [6.45, 7) is 1.88. The molecule has 24 heavy (non-hydrogen) atoms. The summed E-state index contributed by atoms with van der Waals surface area (Å²) in [5.41, 5.74) is 1.64. The predicted molar refractivity (Wildman–Crippen MR) is 80.9 cm³/mol. The van der Waals surface area contributed by atoms with Crippen LogP contribution >= 0.6 is 0 Å². The lowest BCUT2D eigenvalue weighted by Crippen LogP contribution is -2.32. The van der Waals surface area contributed by atoms with E-state index in [1.165, 1.54) is 11.0 Å². The van der Waals surface area contributed by atoms with Crippen LogP contribution in [0.4, 0.5) is 11.4 Å². The molecule has 0 bridgehead atoms. The van der Waals surface area contributed by atoms with E-state index in [0.29, 0.717) is 24.2 Å². The Bertz CT molecular complexity index is 859. The van der Waals surface area contributed by atoms with Crippen molar-refractivity contribution < 1.29 is 19.6 Å². The van der Waals surface area contributed by atoms with Crippen molar-refractivity contribution in [1.82, 2.24) is 15.0 Å². The molecule has 2 aromatic rings. The Morgan fingerprint density at radius 3 is 2.79 bits per heavy atom. The molecule has 0 unspecified atom stereocenters. The van der Waals surface area contributed by atoms with Crippen LogP contribution in [0.1, 0.15) is 21.6 Å². The first-order chi connectivity index (χ1) is 11.4. The number of nitro benzene ring substituents is 1. The Labute approximate surface area is 135 Å². The summed E-state index contributed by atoms with van der Waals surface area (Å²) in [6.07, 6.45) is 1.77. The number of carbonyl (C=O) groups excluding carboxylic acids is 1. The predicted octanol–water partition coefficient (Wildman–Crippen LogP) is 0.782. The van der Waals surface area contributed by atoms with Crippen LogP contribution in [-0.2, 0) is 17.8 Å². The molecule has 1 aliphatic rings. The van der Waals surface area contributed by atoms with Gasteiger partial charge in [-0.05, 0) is 25.0 Å². The molecular weight excluding hydrogens is 318 g/mol. The van der Waals surface area contributed by atoms with Gasteiger partial charge in [0.1, 0.15) is 6.54 Å². The minimum absolute atomic E-state index is 0.0395. The molecule has 0 radical (unpaired) electrons. The lowest BCUT2D eigenvalue weighted by atomic mass is 10.1. The second-order valence-electron chi connectivity index (χ2n) is 5.43. The van der Waals surface area contributed by atoms with E-state index in [0.717, 1.165) is 16.4 Å². The van der Waals surface area contributed by atoms with Crippen LogP contribution < -0.4 is 4.90 Å². The maximum absolute atomic E-state index is 12.4. The van der Waals surface area contributed by atoms with Crippen LogP contribution in [0, 0.1) is 17.0 Å². The number of hydrogen-bond donors (Lipinski definition) is 1. The number of carbonyl (C=O) groups is 2. The van der Waals surface area contributed by atoms with Crippen molar-refractivity contribution in [1.29, 1.82) is 0 Å². The van der Waals surface area contributed by atoms with E-state index in [2.05, 4.69) is 10.3 Å². The zero-order chi connectivity index (χ0) is 17.4. The second-order valence-corrected chi connectivity index (χ2v) is 5.43. The molecule has 1 amide bonds. The van der Waals surface area contributed by atoms with Gasteiger partial charge in [-0.3, -0.25) is 14.9 Å². The highest BCUT2D eigenvalue weighted by Gasteiger charge is 2.28. The molecule has 1 N–H and O–H groups in total. The maximum Gasteiger partial charge on any atom is 0.358 e. The van der Waals surface area contributed by atoms with Crippen LogP contribution in [0.5, 0.6) is 0 Å². The molecule has 0 atom stereocenters. The van der Waals surface area contributed by atoms with E-state index in [-0.39, 0.29) is 23.8 Å². The molecule has 1 aliphatic heterocycles. The van der Waals surface area contributed by atoms with Crippen LogP contribution in [0.3, 0.4) is 0 Å². The van der Waals surface area contributed by atoms with Gasteiger partial charge < -0.3 is 10.0 Å². The summed E-state index contributed by atoms with van der Waals surface area (Å²) < 4.78 is 1.13.